The molecule has 0 atom stereocenters. The van der Waals surface area contributed by atoms with Gasteiger partial charge in [0, 0.05) is 19.8 Å². The van der Waals surface area contributed by atoms with Crippen molar-refractivity contribution in [3.63, 3.8) is 0 Å². The van der Waals surface area contributed by atoms with Crippen LogP contribution in [0.4, 0.5) is 23.0 Å². The molecule has 0 N–H and O–H groups in total. The number of para-hydroxylation sites is 3. The minimum absolute atomic E-state index is 0.544. The van der Waals surface area contributed by atoms with E-state index in [-0.39, 0.29) is 0 Å². The van der Waals surface area contributed by atoms with Gasteiger partial charge in [-0.2, -0.15) is 5.10 Å². The lowest BCUT2D eigenvalue weighted by Crippen LogP contribution is -2.18. The molecule has 0 amide bonds. The van der Waals surface area contributed by atoms with E-state index >= 15 is 0 Å². The molecule has 3 aromatic rings. The van der Waals surface area contributed by atoms with Gasteiger partial charge in [0.25, 0.3) is 5.95 Å². The summed E-state index contributed by atoms with van der Waals surface area (Å²) in [7, 11) is 4.04. The van der Waals surface area contributed by atoms with E-state index in [2.05, 4.69) is 32.2 Å². The van der Waals surface area contributed by atoms with Gasteiger partial charge < -0.3 is 4.90 Å². The van der Waals surface area contributed by atoms with Crippen LogP contribution in [0.1, 0.15) is 0 Å². The fourth-order valence-electron chi connectivity index (χ4n) is 2.31. The van der Waals surface area contributed by atoms with Crippen molar-refractivity contribution in [2.45, 2.75) is 0 Å². The van der Waals surface area contributed by atoms with Gasteiger partial charge in [0.15, 0.2) is 0 Å². The first kappa shape index (κ1) is 14.0. The number of hydrogen-bond donors (Lipinski definition) is 0. The topological polar surface area (TPSA) is 45.2 Å². The van der Waals surface area contributed by atoms with Crippen LogP contribution in [0.25, 0.3) is 0 Å². The monoisotopic (exact) mass is 291 g/mol. The van der Waals surface area contributed by atoms with E-state index in [4.69, 9.17) is 0 Å². The maximum atomic E-state index is 4.37. The molecule has 0 aliphatic rings. The molecule has 0 fully saturated rings. The maximum Gasteiger partial charge on any atom is 0.254 e. The van der Waals surface area contributed by atoms with Crippen molar-refractivity contribution < 1.29 is 0 Å². The van der Waals surface area contributed by atoms with Gasteiger partial charge in [0.05, 0.1) is 23.8 Å². The lowest BCUT2D eigenvalue weighted by molar-refractivity contribution is 0.942. The molecule has 0 saturated heterocycles. The zero-order chi connectivity index (χ0) is 15.4. The Morgan fingerprint density at radius 2 is 1.45 bits per heavy atom. The SMILES string of the molecule is CN(C)c1ccccc1N(c1ccccc1)c1nccnn1. The van der Waals surface area contributed by atoms with Crippen molar-refractivity contribution in [2.75, 3.05) is 23.9 Å². The van der Waals surface area contributed by atoms with E-state index in [9.17, 15) is 0 Å². The summed E-state index contributed by atoms with van der Waals surface area (Å²) in [5, 5.41) is 8.14. The molecule has 110 valence electrons. The highest BCUT2D eigenvalue weighted by molar-refractivity contribution is 5.82. The molecule has 1 heterocycles. The fraction of sp³-hybridized carbons (Fsp3) is 0.118. The first-order valence-corrected chi connectivity index (χ1v) is 7.02. The maximum absolute atomic E-state index is 4.37. The van der Waals surface area contributed by atoms with E-state index in [1.165, 1.54) is 0 Å². The predicted molar refractivity (Wildman–Crippen MR) is 88.8 cm³/mol. The van der Waals surface area contributed by atoms with Crippen LogP contribution in [0.3, 0.4) is 0 Å². The third-order valence-electron chi connectivity index (χ3n) is 3.29. The number of benzene rings is 2. The van der Waals surface area contributed by atoms with Crippen molar-refractivity contribution >= 4 is 23.0 Å². The van der Waals surface area contributed by atoms with Crippen molar-refractivity contribution in [1.29, 1.82) is 0 Å². The molecule has 2 aromatic carbocycles. The number of anilines is 4. The molecule has 1 aromatic heterocycles. The first-order chi connectivity index (χ1) is 10.8. The molecule has 0 aliphatic heterocycles. The van der Waals surface area contributed by atoms with E-state index in [0.29, 0.717) is 5.95 Å². The van der Waals surface area contributed by atoms with Gasteiger partial charge in [-0.25, -0.2) is 4.98 Å². The van der Waals surface area contributed by atoms with Gasteiger partial charge in [-0.3, -0.25) is 4.90 Å². The second kappa shape index (κ2) is 6.22. The number of aromatic nitrogens is 3. The zero-order valence-electron chi connectivity index (χ0n) is 12.6. The van der Waals surface area contributed by atoms with Crippen molar-refractivity contribution in [2.24, 2.45) is 0 Å². The summed E-state index contributed by atoms with van der Waals surface area (Å²) in [5.74, 6) is 0.544. The normalized spacial score (nSPS) is 10.3. The Kier molecular flexibility index (Phi) is 3.96. The van der Waals surface area contributed by atoms with Gasteiger partial charge in [-0.15, -0.1) is 5.10 Å². The number of hydrogen-bond acceptors (Lipinski definition) is 5. The summed E-state index contributed by atoms with van der Waals surface area (Å²) in [6, 6.07) is 18.2. The third kappa shape index (κ3) is 2.74. The van der Waals surface area contributed by atoms with Crippen LogP contribution < -0.4 is 9.80 Å². The zero-order valence-corrected chi connectivity index (χ0v) is 12.6. The first-order valence-electron chi connectivity index (χ1n) is 7.02. The van der Waals surface area contributed by atoms with Crippen molar-refractivity contribution in [3.8, 4) is 0 Å². The molecule has 5 heteroatoms. The lowest BCUT2D eigenvalue weighted by Gasteiger charge is -2.27. The minimum atomic E-state index is 0.544. The summed E-state index contributed by atoms with van der Waals surface area (Å²) in [6.07, 6.45) is 3.22. The van der Waals surface area contributed by atoms with Crippen LogP contribution in [-0.2, 0) is 0 Å². The Bertz CT molecular complexity index is 689. The van der Waals surface area contributed by atoms with Crippen LogP contribution in [-0.4, -0.2) is 29.3 Å². The van der Waals surface area contributed by atoms with Crippen molar-refractivity contribution in [3.05, 3.63) is 67.0 Å². The molecule has 0 spiro atoms. The summed E-state index contributed by atoms with van der Waals surface area (Å²) in [4.78, 5) is 8.44. The molecule has 3 rings (SSSR count). The summed E-state index contributed by atoms with van der Waals surface area (Å²) < 4.78 is 0. The van der Waals surface area contributed by atoms with E-state index in [1.807, 2.05) is 61.5 Å². The summed E-state index contributed by atoms with van der Waals surface area (Å²) in [6.45, 7) is 0. The van der Waals surface area contributed by atoms with Gasteiger partial charge in [-0.1, -0.05) is 30.3 Å². The molecule has 0 unspecified atom stereocenters. The van der Waals surface area contributed by atoms with Crippen LogP contribution in [0, 0.1) is 0 Å². The Hall–Kier alpha value is -2.95. The van der Waals surface area contributed by atoms with Crippen LogP contribution in [0.15, 0.2) is 67.0 Å². The van der Waals surface area contributed by atoms with Gasteiger partial charge >= 0.3 is 0 Å². The van der Waals surface area contributed by atoms with Crippen molar-refractivity contribution in [1.82, 2.24) is 15.2 Å². The highest BCUT2D eigenvalue weighted by Gasteiger charge is 2.18. The summed E-state index contributed by atoms with van der Waals surface area (Å²) in [5.41, 5.74) is 3.08. The Balaban J connectivity index is 2.19. The van der Waals surface area contributed by atoms with Gasteiger partial charge in [0.2, 0.25) is 0 Å². The van der Waals surface area contributed by atoms with E-state index < -0.39 is 0 Å². The average molecular weight is 291 g/mol. The molecule has 5 nitrogen and oxygen atoms in total. The average Bonchev–Trinajstić information content (AvgIpc) is 2.57. The Morgan fingerprint density at radius 3 is 2.09 bits per heavy atom. The molecule has 0 radical (unpaired) electrons. The predicted octanol–water partition coefficient (Wildman–Crippen LogP) is 3.41. The lowest BCUT2D eigenvalue weighted by atomic mass is 10.2. The van der Waals surface area contributed by atoms with Crippen LogP contribution >= 0.6 is 0 Å². The van der Waals surface area contributed by atoms with E-state index in [0.717, 1.165) is 17.1 Å². The standard InChI is InChI=1S/C17H17N5/c1-21(2)15-10-6-7-11-16(15)22(14-8-4-3-5-9-14)17-18-12-13-19-20-17/h3-13H,1-2H3. The van der Waals surface area contributed by atoms with Gasteiger partial charge in [-0.05, 0) is 24.3 Å². The second-order valence-electron chi connectivity index (χ2n) is 5.00. The fourth-order valence-corrected chi connectivity index (χ4v) is 2.31. The third-order valence-corrected chi connectivity index (χ3v) is 3.29. The highest BCUT2D eigenvalue weighted by Crippen LogP contribution is 2.37. The summed E-state index contributed by atoms with van der Waals surface area (Å²) >= 11 is 0. The molecule has 22 heavy (non-hydrogen) atoms. The van der Waals surface area contributed by atoms with Gasteiger partial charge in [0.1, 0.15) is 0 Å². The largest absolute Gasteiger partial charge is 0.376 e. The van der Waals surface area contributed by atoms with E-state index in [1.54, 1.807) is 12.4 Å². The molecule has 0 aliphatic carbocycles. The highest BCUT2D eigenvalue weighted by atomic mass is 15.3. The smallest absolute Gasteiger partial charge is 0.254 e. The Morgan fingerprint density at radius 1 is 0.773 bits per heavy atom. The Labute approximate surface area is 129 Å². The second-order valence-corrected chi connectivity index (χ2v) is 5.00. The number of nitrogens with zero attached hydrogens (tertiary/aromatic N) is 5. The quantitative estimate of drug-likeness (QED) is 0.737. The number of rotatable bonds is 4. The molecule has 0 bridgehead atoms. The van der Waals surface area contributed by atoms with Crippen LogP contribution in [0.2, 0.25) is 0 Å². The molecular formula is C17H17N5. The molecular weight excluding hydrogens is 274 g/mol. The van der Waals surface area contributed by atoms with Crippen LogP contribution in [0.5, 0.6) is 0 Å². The minimum Gasteiger partial charge on any atom is -0.376 e. The molecule has 0 saturated carbocycles.